The Kier molecular flexibility index (Phi) is 4.60. The van der Waals surface area contributed by atoms with Crippen LogP contribution in [0.3, 0.4) is 0 Å². The molecule has 0 radical (unpaired) electrons. The number of aromatic nitrogens is 2. The lowest BCUT2D eigenvalue weighted by atomic mass is 10.3. The first-order chi connectivity index (χ1) is 9.80. The van der Waals surface area contributed by atoms with E-state index in [1.807, 2.05) is 31.2 Å². The molecule has 0 amide bonds. The van der Waals surface area contributed by atoms with E-state index in [9.17, 15) is 0 Å². The normalized spacial score (nSPS) is 9.95. The fourth-order valence-electron chi connectivity index (χ4n) is 1.81. The number of ether oxygens (including phenoxy) is 2. The van der Waals surface area contributed by atoms with Crippen molar-refractivity contribution in [1.29, 1.82) is 0 Å². The molecular weight excluding hydrogens is 256 g/mol. The number of hydrogen-bond acceptors (Lipinski definition) is 6. The van der Waals surface area contributed by atoms with Crippen molar-refractivity contribution in [2.24, 2.45) is 0 Å². The Morgan fingerprint density at radius 1 is 1.15 bits per heavy atom. The minimum atomic E-state index is 0.557. The Hall–Kier alpha value is -2.50. The van der Waals surface area contributed by atoms with E-state index >= 15 is 0 Å². The van der Waals surface area contributed by atoms with E-state index in [-0.39, 0.29) is 0 Å². The summed E-state index contributed by atoms with van der Waals surface area (Å²) in [5.41, 5.74) is 0.827. The van der Waals surface area contributed by atoms with Crippen LogP contribution in [-0.4, -0.2) is 30.7 Å². The van der Waals surface area contributed by atoms with Gasteiger partial charge >= 0.3 is 0 Å². The molecule has 20 heavy (non-hydrogen) atoms. The topological polar surface area (TPSA) is 68.3 Å². The van der Waals surface area contributed by atoms with Crippen molar-refractivity contribution in [3.63, 3.8) is 0 Å². The predicted octanol–water partition coefficient (Wildman–Crippen LogP) is 2.67. The zero-order valence-electron chi connectivity index (χ0n) is 11.8. The van der Waals surface area contributed by atoms with Crippen molar-refractivity contribution in [2.45, 2.75) is 6.92 Å². The number of benzene rings is 1. The van der Waals surface area contributed by atoms with E-state index < -0.39 is 0 Å². The Morgan fingerprint density at radius 2 is 1.90 bits per heavy atom. The molecule has 0 saturated heterocycles. The van der Waals surface area contributed by atoms with Gasteiger partial charge in [-0.2, -0.15) is 0 Å². The van der Waals surface area contributed by atoms with Crippen LogP contribution < -0.4 is 20.1 Å². The fraction of sp³-hybridized carbons (Fsp3) is 0.286. The summed E-state index contributed by atoms with van der Waals surface area (Å²) in [6.45, 7) is 2.54. The lowest BCUT2D eigenvalue weighted by Crippen LogP contribution is -2.04. The van der Waals surface area contributed by atoms with Gasteiger partial charge < -0.3 is 20.1 Å². The molecular formula is C14H18N4O2. The van der Waals surface area contributed by atoms with Crippen molar-refractivity contribution in [2.75, 3.05) is 31.4 Å². The van der Waals surface area contributed by atoms with Crippen LogP contribution in [0.1, 0.15) is 6.92 Å². The maximum absolute atomic E-state index is 5.58. The molecule has 0 fully saturated rings. The van der Waals surface area contributed by atoms with E-state index in [0.717, 1.165) is 11.4 Å². The third kappa shape index (κ3) is 2.90. The summed E-state index contributed by atoms with van der Waals surface area (Å²) < 4.78 is 10.9. The Bertz CT molecular complexity index is 575. The molecule has 0 bridgehead atoms. The molecule has 0 spiro atoms. The number of rotatable bonds is 6. The van der Waals surface area contributed by atoms with Gasteiger partial charge in [0.25, 0.3) is 0 Å². The molecule has 6 nitrogen and oxygen atoms in total. The van der Waals surface area contributed by atoms with Gasteiger partial charge in [0.1, 0.15) is 12.1 Å². The van der Waals surface area contributed by atoms with Crippen molar-refractivity contribution in [3.8, 4) is 11.5 Å². The molecule has 0 aliphatic rings. The first kappa shape index (κ1) is 13.9. The molecule has 0 aliphatic heterocycles. The van der Waals surface area contributed by atoms with Crippen LogP contribution in [-0.2, 0) is 0 Å². The third-order valence-electron chi connectivity index (χ3n) is 2.68. The van der Waals surface area contributed by atoms with Gasteiger partial charge in [0.2, 0.25) is 5.75 Å². The van der Waals surface area contributed by atoms with Gasteiger partial charge in [-0.25, -0.2) is 9.97 Å². The maximum atomic E-state index is 5.58. The monoisotopic (exact) mass is 274 g/mol. The molecule has 1 aromatic heterocycles. The van der Waals surface area contributed by atoms with Crippen molar-refractivity contribution in [1.82, 2.24) is 9.97 Å². The summed E-state index contributed by atoms with van der Waals surface area (Å²) in [5.74, 6) is 2.53. The van der Waals surface area contributed by atoms with Crippen molar-refractivity contribution in [3.05, 3.63) is 30.6 Å². The second-order valence-corrected chi connectivity index (χ2v) is 3.91. The highest BCUT2D eigenvalue weighted by atomic mass is 16.5. The first-order valence-corrected chi connectivity index (χ1v) is 6.35. The largest absolute Gasteiger partial charge is 0.492 e. The Balaban J connectivity index is 2.35. The van der Waals surface area contributed by atoms with Gasteiger partial charge in [0.05, 0.1) is 19.4 Å². The van der Waals surface area contributed by atoms with Gasteiger partial charge in [-0.05, 0) is 19.1 Å². The van der Waals surface area contributed by atoms with E-state index in [4.69, 9.17) is 9.47 Å². The SMILES string of the molecule is CCOc1ccccc1Nc1ncnc(NC)c1OC. The zero-order chi connectivity index (χ0) is 14.4. The van der Waals surface area contributed by atoms with E-state index in [2.05, 4.69) is 20.6 Å². The smallest absolute Gasteiger partial charge is 0.204 e. The van der Waals surface area contributed by atoms with Crippen molar-refractivity contribution < 1.29 is 9.47 Å². The molecule has 0 atom stereocenters. The summed E-state index contributed by atoms with van der Waals surface area (Å²) >= 11 is 0. The predicted molar refractivity (Wildman–Crippen MR) is 79.0 cm³/mol. The number of nitrogens with one attached hydrogen (secondary N) is 2. The van der Waals surface area contributed by atoms with E-state index in [0.29, 0.717) is 24.0 Å². The zero-order valence-corrected chi connectivity index (χ0v) is 11.8. The number of hydrogen-bond donors (Lipinski definition) is 2. The van der Waals surface area contributed by atoms with Crippen LogP contribution >= 0.6 is 0 Å². The molecule has 106 valence electrons. The van der Waals surface area contributed by atoms with Crippen LogP contribution in [0.2, 0.25) is 0 Å². The van der Waals surface area contributed by atoms with Crippen LogP contribution in [0.15, 0.2) is 30.6 Å². The van der Waals surface area contributed by atoms with E-state index in [1.165, 1.54) is 6.33 Å². The highest BCUT2D eigenvalue weighted by Crippen LogP contribution is 2.33. The summed E-state index contributed by atoms with van der Waals surface area (Å²) in [4.78, 5) is 8.32. The molecule has 2 aromatic rings. The van der Waals surface area contributed by atoms with Crippen LogP contribution in [0.4, 0.5) is 17.3 Å². The Labute approximate surface area is 118 Å². The average molecular weight is 274 g/mol. The number of methoxy groups -OCH3 is 1. The average Bonchev–Trinajstić information content (AvgIpc) is 2.49. The molecule has 0 unspecified atom stereocenters. The molecule has 0 aliphatic carbocycles. The standard InChI is InChI=1S/C14H18N4O2/c1-4-20-11-8-6-5-7-10(11)18-14-12(19-3)13(15-2)16-9-17-14/h5-9H,4H2,1-3H3,(H2,15,16,17,18). The minimum absolute atomic E-state index is 0.557. The quantitative estimate of drug-likeness (QED) is 0.844. The third-order valence-corrected chi connectivity index (χ3v) is 2.68. The van der Waals surface area contributed by atoms with Gasteiger partial charge in [-0.15, -0.1) is 0 Å². The second-order valence-electron chi connectivity index (χ2n) is 3.91. The van der Waals surface area contributed by atoms with Crippen LogP contribution in [0, 0.1) is 0 Å². The lowest BCUT2D eigenvalue weighted by Gasteiger charge is -2.15. The van der Waals surface area contributed by atoms with E-state index in [1.54, 1.807) is 14.2 Å². The van der Waals surface area contributed by atoms with Gasteiger partial charge in [-0.3, -0.25) is 0 Å². The second kappa shape index (κ2) is 6.60. The molecule has 2 N–H and O–H groups in total. The van der Waals surface area contributed by atoms with Crippen molar-refractivity contribution >= 4 is 17.3 Å². The first-order valence-electron chi connectivity index (χ1n) is 6.35. The molecule has 6 heteroatoms. The fourth-order valence-corrected chi connectivity index (χ4v) is 1.81. The van der Waals surface area contributed by atoms with Gasteiger partial charge in [0, 0.05) is 7.05 Å². The number of nitrogens with zero attached hydrogens (tertiary/aromatic N) is 2. The number of para-hydroxylation sites is 2. The van der Waals surface area contributed by atoms with Crippen LogP contribution in [0.25, 0.3) is 0 Å². The van der Waals surface area contributed by atoms with Gasteiger partial charge in [-0.1, -0.05) is 12.1 Å². The molecule has 1 aromatic carbocycles. The van der Waals surface area contributed by atoms with Gasteiger partial charge in [0.15, 0.2) is 11.6 Å². The molecule has 0 saturated carbocycles. The highest BCUT2D eigenvalue weighted by Gasteiger charge is 2.12. The summed E-state index contributed by atoms with van der Waals surface area (Å²) in [6.07, 6.45) is 1.47. The Morgan fingerprint density at radius 3 is 2.60 bits per heavy atom. The molecule has 2 rings (SSSR count). The summed E-state index contributed by atoms with van der Waals surface area (Å²) in [7, 11) is 3.36. The number of anilines is 3. The minimum Gasteiger partial charge on any atom is -0.492 e. The summed E-state index contributed by atoms with van der Waals surface area (Å²) in [6, 6.07) is 7.67. The lowest BCUT2D eigenvalue weighted by molar-refractivity contribution is 0.342. The highest BCUT2D eigenvalue weighted by molar-refractivity contribution is 5.72. The molecule has 1 heterocycles. The maximum Gasteiger partial charge on any atom is 0.204 e. The summed E-state index contributed by atoms with van der Waals surface area (Å²) in [5, 5.41) is 6.18. The van der Waals surface area contributed by atoms with Crippen LogP contribution in [0.5, 0.6) is 11.5 Å².